The summed E-state index contributed by atoms with van der Waals surface area (Å²) in [6.07, 6.45) is 19.7. The third kappa shape index (κ3) is 16.3. The number of aliphatic hydroxyl groups is 1. The second kappa shape index (κ2) is 18.0. The summed E-state index contributed by atoms with van der Waals surface area (Å²) in [5.74, 6) is 0.610. The van der Waals surface area contributed by atoms with Crippen molar-refractivity contribution in [1.29, 1.82) is 0 Å². The standard InChI is InChI=1S/C21H42O2/c1-3-4-5-6-7-8-9-10-11-12-13-14-17-20(2)21(23)18-15-16-19-22/h20,22H,3-19H2,1-2H3. The number of rotatable bonds is 18. The third-order valence-corrected chi connectivity index (χ3v) is 4.87. The monoisotopic (exact) mass is 326 g/mol. The molecule has 0 fully saturated rings. The first kappa shape index (κ1) is 22.6. The molecular formula is C21H42O2. The lowest BCUT2D eigenvalue weighted by Gasteiger charge is -2.10. The Labute approximate surface area is 145 Å². The number of unbranched alkanes of at least 4 members (excludes halogenated alkanes) is 12. The van der Waals surface area contributed by atoms with Crippen LogP contribution < -0.4 is 0 Å². The molecular weight excluding hydrogens is 284 g/mol. The first-order chi connectivity index (χ1) is 11.2. The normalized spacial score (nSPS) is 12.5. The minimum absolute atomic E-state index is 0.209. The average Bonchev–Trinajstić information content (AvgIpc) is 2.55. The molecule has 0 aromatic rings. The van der Waals surface area contributed by atoms with Crippen LogP contribution in [-0.2, 0) is 4.79 Å². The molecule has 1 unspecified atom stereocenters. The molecule has 2 nitrogen and oxygen atoms in total. The Hall–Kier alpha value is -0.370. The minimum atomic E-state index is 0.209. The molecule has 1 atom stereocenters. The number of carbonyl (C=O) groups excluding carboxylic acids is 1. The highest BCUT2D eigenvalue weighted by atomic mass is 16.2. The largest absolute Gasteiger partial charge is 0.396 e. The zero-order chi connectivity index (χ0) is 17.2. The first-order valence-electron chi connectivity index (χ1n) is 10.4. The predicted molar refractivity (Wildman–Crippen MR) is 101 cm³/mol. The number of hydrogen-bond acceptors (Lipinski definition) is 2. The molecule has 0 heterocycles. The summed E-state index contributed by atoms with van der Waals surface area (Å²) in [6.45, 7) is 4.55. The Morgan fingerprint density at radius 3 is 1.70 bits per heavy atom. The predicted octanol–water partition coefficient (Wildman–Crippen LogP) is 6.45. The molecule has 1 N–H and O–H groups in total. The molecule has 0 bridgehead atoms. The second-order valence-corrected chi connectivity index (χ2v) is 7.23. The molecule has 23 heavy (non-hydrogen) atoms. The van der Waals surface area contributed by atoms with Crippen molar-refractivity contribution < 1.29 is 9.90 Å². The van der Waals surface area contributed by atoms with Crippen molar-refractivity contribution in [1.82, 2.24) is 0 Å². The van der Waals surface area contributed by atoms with Gasteiger partial charge in [-0.2, -0.15) is 0 Å². The first-order valence-corrected chi connectivity index (χ1v) is 10.4. The smallest absolute Gasteiger partial charge is 0.135 e. The van der Waals surface area contributed by atoms with Gasteiger partial charge in [0.15, 0.2) is 0 Å². The van der Waals surface area contributed by atoms with Gasteiger partial charge in [-0.15, -0.1) is 0 Å². The summed E-state index contributed by atoms with van der Waals surface area (Å²) >= 11 is 0. The van der Waals surface area contributed by atoms with Crippen LogP contribution in [0.5, 0.6) is 0 Å². The van der Waals surface area contributed by atoms with Gasteiger partial charge in [0, 0.05) is 18.9 Å². The third-order valence-electron chi connectivity index (χ3n) is 4.87. The molecule has 0 amide bonds. The summed E-state index contributed by atoms with van der Waals surface area (Å²) < 4.78 is 0. The lowest BCUT2D eigenvalue weighted by molar-refractivity contribution is -0.122. The summed E-state index contributed by atoms with van der Waals surface area (Å²) in [5, 5.41) is 8.73. The van der Waals surface area contributed by atoms with Crippen molar-refractivity contribution in [2.75, 3.05) is 6.61 Å². The lowest BCUT2D eigenvalue weighted by atomic mass is 9.95. The minimum Gasteiger partial charge on any atom is -0.396 e. The molecule has 0 aliphatic carbocycles. The van der Waals surface area contributed by atoms with Crippen molar-refractivity contribution >= 4 is 5.78 Å². The van der Waals surface area contributed by atoms with Crippen LogP contribution in [0.1, 0.15) is 117 Å². The molecule has 0 aliphatic rings. The van der Waals surface area contributed by atoms with Crippen LogP contribution in [0, 0.1) is 5.92 Å². The molecule has 138 valence electrons. The summed E-state index contributed by atoms with van der Waals surface area (Å²) in [6, 6.07) is 0. The van der Waals surface area contributed by atoms with Crippen molar-refractivity contribution in [2.24, 2.45) is 5.92 Å². The summed E-state index contributed by atoms with van der Waals surface area (Å²) in [7, 11) is 0. The van der Waals surface area contributed by atoms with E-state index in [0.29, 0.717) is 12.2 Å². The van der Waals surface area contributed by atoms with Gasteiger partial charge in [-0.25, -0.2) is 0 Å². The van der Waals surface area contributed by atoms with Gasteiger partial charge in [0.05, 0.1) is 0 Å². The average molecular weight is 327 g/mol. The van der Waals surface area contributed by atoms with E-state index in [9.17, 15) is 4.79 Å². The second-order valence-electron chi connectivity index (χ2n) is 7.23. The van der Waals surface area contributed by atoms with Crippen LogP contribution in [0.2, 0.25) is 0 Å². The fourth-order valence-electron chi connectivity index (χ4n) is 3.11. The van der Waals surface area contributed by atoms with Crippen molar-refractivity contribution in [3.8, 4) is 0 Å². The molecule has 0 aliphatic heterocycles. The zero-order valence-electron chi connectivity index (χ0n) is 16.0. The maximum Gasteiger partial charge on any atom is 0.135 e. The number of Topliss-reactive ketones (excluding diaryl/α,β-unsaturated/α-hetero) is 1. The molecule has 0 saturated heterocycles. The van der Waals surface area contributed by atoms with Crippen LogP contribution >= 0.6 is 0 Å². The zero-order valence-corrected chi connectivity index (χ0v) is 16.0. The van der Waals surface area contributed by atoms with Gasteiger partial charge in [-0.1, -0.05) is 90.9 Å². The molecule has 0 saturated carbocycles. The summed E-state index contributed by atoms with van der Waals surface area (Å²) in [4.78, 5) is 11.9. The maximum absolute atomic E-state index is 11.9. The topological polar surface area (TPSA) is 37.3 Å². The quantitative estimate of drug-likeness (QED) is 0.294. The molecule has 0 spiro atoms. The molecule has 0 aromatic heterocycles. The van der Waals surface area contributed by atoms with Gasteiger partial charge in [0.2, 0.25) is 0 Å². The van der Waals surface area contributed by atoms with E-state index in [1.165, 1.54) is 77.0 Å². The Morgan fingerprint density at radius 2 is 1.22 bits per heavy atom. The van der Waals surface area contributed by atoms with Crippen molar-refractivity contribution in [3.05, 3.63) is 0 Å². The van der Waals surface area contributed by atoms with Crippen LogP contribution in [0.25, 0.3) is 0 Å². The van der Waals surface area contributed by atoms with Gasteiger partial charge in [-0.05, 0) is 19.3 Å². The highest BCUT2D eigenvalue weighted by molar-refractivity contribution is 5.80. The van der Waals surface area contributed by atoms with Crippen LogP contribution in [0.4, 0.5) is 0 Å². The Morgan fingerprint density at radius 1 is 0.739 bits per heavy atom. The highest BCUT2D eigenvalue weighted by Gasteiger charge is 2.11. The van der Waals surface area contributed by atoms with Crippen LogP contribution in [-0.4, -0.2) is 17.5 Å². The van der Waals surface area contributed by atoms with E-state index in [1.54, 1.807) is 0 Å². The van der Waals surface area contributed by atoms with Gasteiger partial charge in [-0.3, -0.25) is 4.79 Å². The van der Waals surface area contributed by atoms with Crippen LogP contribution in [0.15, 0.2) is 0 Å². The highest BCUT2D eigenvalue weighted by Crippen LogP contribution is 2.16. The summed E-state index contributed by atoms with van der Waals surface area (Å²) in [5.41, 5.74) is 0. The number of aliphatic hydroxyl groups excluding tert-OH is 1. The number of hydrogen-bond donors (Lipinski definition) is 1. The van der Waals surface area contributed by atoms with Crippen molar-refractivity contribution in [2.45, 2.75) is 117 Å². The molecule has 0 rings (SSSR count). The van der Waals surface area contributed by atoms with E-state index >= 15 is 0 Å². The lowest BCUT2D eigenvalue weighted by Crippen LogP contribution is -2.10. The maximum atomic E-state index is 11.9. The fraction of sp³-hybridized carbons (Fsp3) is 0.952. The van der Waals surface area contributed by atoms with Gasteiger partial charge < -0.3 is 5.11 Å². The fourth-order valence-corrected chi connectivity index (χ4v) is 3.11. The van der Waals surface area contributed by atoms with E-state index in [0.717, 1.165) is 19.3 Å². The molecule has 2 heteroatoms. The Bertz CT molecular complexity index is 250. The number of ketones is 1. The Kier molecular flexibility index (Phi) is 17.7. The van der Waals surface area contributed by atoms with E-state index in [1.807, 2.05) is 0 Å². The van der Waals surface area contributed by atoms with Crippen molar-refractivity contribution in [3.63, 3.8) is 0 Å². The number of carbonyl (C=O) groups is 1. The van der Waals surface area contributed by atoms with E-state index in [4.69, 9.17) is 5.11 Å². The Balaban J connectivity index is 3.24. The van der Waals surface area contributed by atoms with Gasteiger partial charge in [0.1, 0.15) is 5.78 Å². The molecule has 0 radical (unpaired) electrons. The van der Waals surface area contributed by atoms with Crippen LogP contribution in [0.3, 0.4) is 0 Å². The van der Waals surface area contributed by atoms with E-state index in [2.05, 4.69) is 13.8 Å². The van der Waals surface area contributed by atoms with E-state index in [-0.39, 0.29) is 12.5 Å². The van der Waals surface area contributed by atoms with Gasteiger partial charge in [0.25, 0.3) is 0 Å². The van der Waals surface area contributed by atoms with Gasteiger partial charge >= 0.3 is 0 Å². The SMILES string of the molecule is CCCCCCCCCCCCCCC(C)C(=O)CCCCO. The van der Waals surface area contributed by atoms with E-state index < -0.39 is 0 Å². The molecule has 0 aromatic carbocycles.